The second kappa shape index (κ2) is 4.10. The van der Waals surface area contributed by atoms with Crippen LogP contribution in [0.4, 0.5) is 0 Å². The minimum absolute atomic E-state index is 0.557. The van der Waals surface area contributed by atoms with Crippen molar-refractivity contribution in [2.45, 2.75) is 6.42 Å². The summed E-state index contributed by atoms with van der Waals surface area (Å²) in [7, 11) is 0. The van der Waals surface area contributed by atoms with E-state index in [-0.39, 0.29) is 0 Å². The van der Waals surface area contributed by atoms with Gasteiger partial charge in [-0.25, -0.2) is 0 Å². The fourth-order valence-corrected chi connectivity index (χ4v) is 0.251. The Bertz CT molecular complexity index is 138. The summed E-state index contributed by atoms with van der Waals surface area (Å²) >= 11 is 0. The third kappa shape index (κ3) is 3.13. The van der Waals surface area contributed by atoms with E-state index >= 15 is 0 Å². The third-order valence-electron chi connectivity index (χ3n) is 0.675. The lowest BCUT2D eigenvalue weighted by Crippen LogP contribution is -1.75. The van der Waals surface area contributed by atoms with Gasteiger partial charge >= 0.3 is 0 Å². The first-order valence-corrected chi connectivity index (χ1v) is 2.28. The van der Waals surface area contributed by atoms with Gasteiger partial charge in [-0.1, -0.05) is 13.2 Å². The summed E-state index contributed by atoms with van der Waals surface area (Å²) < 4.78 is 0. The lowest BCUT2D eigenvalue weighted by molar-refractivity contribution is -0.104. The molecule has 0 saturated heterocycles. The molecular formula is C7H8O. The van der Waals surface area contributed by atoms with Gasteiger partial charge in [0.2, 0.25) is 0 Å². The Morgan fingerprint density at radius 2 is 2.38 bits per heavy atom. The van der Waals surface area contributed by atoms with E-state index in [1.807, 2.05) is 0 Å². The van der Waals surface area contributed by atoms with Gasteiger partial charge in [-0.15, -0.1) is 5.73 Å². The highest BCUT2D eigenvalue weighted by molar-refractivity contribution is 5.72. The summed E-state index contributed by atoms with van der Waals surface area (Å²) in [6.07, 6.45) is 2.96. The van der Waals surface area contributed by atoms with Crippen LogP contribution in [0.5, 0.6) is 0 Å². The van der Waals surface area contributed by atoms with E-state index in [2.05, 4.69) is 18.9 Å². The third-order valence-corrected chi connectivity index (χ3v) is 0.675. The van der Waals surface area contributed by atoms with Crippen molar-refractivity contribution >= 4 is 6.29 Å². The molecule has 0 atom stereocenters. The Balaban J connectivity index is 3.55. The average Bonchev–Trinajstić information content (AvgIpc) is 1.83. The van der Waals surface area contributed by atoms with Crippen molar-refractivity contribution < 1.29 is 4.79 Å². The van der Waals surface area contributed by atoms with Crippen LogP contribution in [-0.2, 0) is 4.79 Å². The first-order chi connectivity index (χ1) is 3.81. The first kappa shape index (κ1) is 6.93. The average molecular weight is 108 g/mol. The van der Waals surface area contributed by atoms with Gasteiger partial charge in [0.25, 0.3) is 0 Å². The van der Waals surface area contributed by atoms with Gasteiger partial charge in [-0.2, -0.15) is 0 Å². The number of carbonyl (C=O) groups excluding carboxylic acids is 1. The van der Waals surface area contributed by atoms with Crippen LogP contribution in [0.15, 0.2) is 30.5 Å². The lowest BCUT2D eigenvalue weighted by atomic mass is 10.2. The second-order valence-electron chi connectivity index (χ2n) is 1.39. The smallest absolute Gasteiger partial charge is 0.145 e. The molecule has 0 aromatic heterocycles. The molecule has 0 amide bonds. The fourth-order valence-electron chi connectivity index (χ4n) is 0.251. The Labute approximate surface area is 49.0 Å². The molecule has 0 unspecified atom stereocenters. The maximum Gasteiger partial charge on any atom is 0.145 e. The number of carbonyl (C=O) groups is 1. The van der Waals surface area contributed by atoms with Crippen molar-refractivity contribution in [3.63, 3.8) is 0 Å². The van der Waals surface area contributed by atoms with Crippen LogP contribution < -0.4 is 0 Å². The van der Waals surface area contributed by atoms with Crippen LogP contribution in [0.3, 0.4) is 0 Å². The van der Waals surface area contributed by atoms with Gasteiger partial charge < -0.3 is 0 Å². The first-order valence-electron chi connectivity index (χ1n) is 2.28. The van der Waals surface area contributed by atoms with E-state index in [0.717, 1.165) is 6.29 Å². The van der Waals surface area contributed by atoms with Crippen LogP contribution in [0, 0.1) is 0 Å². The zero-order chi connectivity index (χ0) is 6.41. The maximum atomic E-state index is 9.84. The zero-order valence-corrected chi connectivity index (χ0v) is 4.68. The maximum absolute atomic E-state index is 9.84. The molecule has 0 aromatic carbocycles. The molecule has 0 saturated carbocycles. The van der Waals surface area contributed by atoms with Crippen molar-refractivity contribution in [1.82, 2.24) is 0 Å². The molecule has 0 fully saturated rings. The summed E-state index contributed by atoms with van der Waals surface area (Å²) in [5.41, 5.74) is 3.09. The Kier molecular flexibility index (Phi) is 3.55. The molecule has 1 nitrogen and oxygen atoms in total. The predicted octanol–water partition coefficient (Wildman–Crippen LogP) is 1.47. The van der Waals surface area contributed by atoms with E-state index in [9.17, 15) is 4.79 Å². The van der Waals surface area contributed by atoms with Crippen molar-refractivity contribution in [3.05, 3.63) is 30.5 Å². The van der Waals surface area contributed by atoms with Crippen LogP contribution in [-0.4, -0.2) is 6.29 Å². The van der Waals surface area contributed by atoms with Crippen molar-refractivity contribution in [2.75, 3.05) is 0 Å². The highest BCUT2D eigenvalue weighted by Gasteiger charge is 1.81. The Morgan fingerprint density at radius 3 is 2.75 bits per heavy atom. The minimum atomic E-state index is 0.557. The molecule has 0 aromatic rings. The molecule has 8 heavy (non-hydrogen) atoms. The van der Waals surface area contributed by atoms with E-state index in [1.165, 1.54) is 0 Å². The standard InChI is InChI=1S/C7H8O/c1-3-4-5-7(2)6-8/h4,6H,1-2,5H2. The van der Waals surface area contributed by atoms with Crippen molar-refractivity contribution in [3.8, 4) is 0 Å². The largest absolute Gasteiger partial charge is 0.298 e. The van der Waals surface area contributed by atoms with Crippen LogP contribution in [0.25, 0.3) is 0 Å². The Hall–Kier alpha value is -1.07. The molecule has 0 N–H and O–H groups in total. The van der Waals surface area contributed by atoms with Gasteiger partial charge in [0.05, 0.1) is 0 Å². The quantitative estimate of drug-likeness (QED) is 0.304. The molecule has 0 aliphatic heterocycles. The van der Waals surface area contributed by atoms with Crippen LogP contribution in [0.1, 0.15) is 6.42 Å². The molecule has 0 radical (unpaired) electrons. The van der Waals surface area contributed by atoms with E-state index in [0.29, 0.717) is 12.0 Å². The molecule has 1 heteroatoms. The normalized spacial score (nSPS) is 7.00. The minimum Gasteiger partial charge on any atom is -0.298 e. The van der Waals surface area contributed by atoms with E-state index in [1.54, 1.807) is 6.08 Å². The fraction of sp³-hybridized carbons (Fsp3) is 0.143. The van der Waals surface area contributed by atoms with Crippen molar-refractivity contribution in [2.24, 2.45) is 0 Å². The van der Waals surface area contributed by atoms with Gasteiger partial charge in [-0.05, 0) is 11.6 Å². The SMILES string of the molecule is C=C=CCC(=C)C=O. The van der Waals surface area contributed by atoms with Gasteiger partial charge in [0, 0.05) is 6.42 Å². The predicted molar refractivity (Wildman–Crippen MR) is 33.5 cm³/mol. The van der Waals surface area contributed by atoms with E-state index in [4.69, 9.17) is 0 Å². The van der Waals surface area contributed by atoms with Crippen LogP contribution >= 0.6 is 0 Å². The summed E-state index contributed by atoms with van der Waals surface area (Å²) in [5.74, 6) is 0. The molecule has 0 aliphatic carbocycles. The lowest BCUT2D eigenvalue weighted by Gasteiger charge is -1.81. The van der Waals surface area contributed by atoms with Gasteiger partial charge in [-0.3, -0.25) is 4.79 Å². The van der Waals surface area contributed by atoms with Gasteiger partial charge in [0.15, 0.2) is 0 Å². The zero-order valence-electron chi connectivity index (χ0n) is 4.68. The number of rotatable bonds is 3. The summed E-state index contributed by atoms with van der Waals surface area (Å²) in [4.78, 5) is 9.84. The number of aldehydes is 1. The summed E-state index contributed by atoms with van der Waals surface area (Å²) in [5, 5.41) is 0. The monoisotopic (exact) mass is 108 g/mol. The molecule has 0 heterocycles. The molecular weight excluding hydrogens is 100 g/mol. The molecule has 0 aliphatic rings. The van der Waals surface area contributed by atoms with Gasteiger partial charge in [0.1, 0.15) is 6.29 Å². The second-order valence-corrected chi connectivity index (χ2v) is 1.39. The Morgan fingerprint density at radius 1 is 1.75 bits per heavy atom. The highest BCUT2D eigenvalue weighted by Crippen LogP contribution is 1.91. The molecule has 42 valence electrons. The number of allylic oxidation sites excluding steroid dienone is 2. The molecule has 0 rings (SSSR count). The molecule has 0 bridgehead atoms. The van der Waals surface area contributed by atoms with Crippen molar-refractivity contribution in [1.29, 1.82) is 0 Å². The highest BCUT2D eigenvalue weighted by atomic mass is 16.1. The summed E-state index contributed by atoms with van der Waals surface area (Å²) in [6.45, 7) is 6.77. The summed E-state index contributed by atoms with van der Waals surface area (Å²) in [6, 6.07) is 0. The number of hydrogen-bond acceptors (Lipinski definition) is 1. The van der Waals surface area contributed by atoms with Crippen LogP contribution in [0.2, 0.25) is 0 Å². The molecule has 0 spiro atoms. The number of hydrogen-bond donors (Lipinski definition) is 0. The van der Waals surface area contributed by atoms with E-state index < -0.39 is 0 Å². The topological polar surface area (TPSA) is 17.1 Å².